The SMILES string of the molecule is CN(Cc1ccccc1OC(F)(F)F)C(=O)CCc1nc2ccccc2c(=O)[nH]1. The lowest BCUT2D eigenvalue weighted by molar-refractivity contribution is -0.275. The molecule has 0 aliphatic rings. The molecular formula is C20H18F3N3O3. The van der Waals surface area contributed by atoms with Crippen LogP contribution in [0.3, 0.4) is 0 Å². The minimum atomic E-state index is -4.81. The van der Waals surface area contributed by atoms with Gasteiger partial charge in [0.05, 0.1) is 10.9 Å². The molecule has 0 spiro atoms. The van der Waals surface area contributed by atoms with Crippen LogP contribution >= 0.6 is 0 Å². The number of aromatic amines is 1. The van der Waals surface area contributed by atoms with E-state index in [0.29, 0.717) is 16.7 Å². The summed E-state index contributed by atoms with van der Waals surface area (Å²) in [6, 6.07) is 12.5. The Kier molecular flexibility index (Phi) is 5.86. The molecule has 1 aromatic heterocycles. The Balaban J connectivity index is 1.65. The molecule has 3 aromatic rings. The van der Waals surface area contributed by atoms with Gasteiger partial charge in [-0.25, -0.2) is 4.98 Å². The van der Waals surface area contributed by atoms with Crippen LogP contribution in [-0.4, -0.2) is 34.2 Å². The van der Waals surface area contributed by atoms with Gasteiger partial charge in [-0.3, -0.25) is 9.59 Å². The van der Waals surface area contributed by atoms with Gasteiger partial charge in [0.25, 0.3) is 5.56 Å². The molecule has 0 unspecified atom stereocenters. The summed E-state index contributed by atoms with van der Waals surface area (Å²) >= 11 is 0. The molecule has 9 heteroatoms. The van der Waals surface area contributed by atoms with E-state index in [4.69, 9.17) is 0 Å². The molecule has 1 amide bonds. The van der Waals surface area contributed by atoms with Crippen LogP contribution < -0.4 is 10.3 Å². The van der Waals surface area contributed by atoms with Gasteiger partial charge in [-0.15, -0.1) is 13.2 Å². The first-order valence-electron chi connectivity index (χ1n) is 8.78. The number of aromatic nitrogens is 2. The predicted molar refractivity (Wildman–Crippen MR) is 100 cm³/mol. The monoisotopic (exact) mass is 405 g/mol. The van der Waals surface area contributed by atoms with Crippen molar-refractivity contribution in [3.05, 3.63) is 70.3 Å². The van der Waals surface area contributed by atoms with Crippen molar-refractivity contribution in [1.29, 1.82) is 0 Å². The van der Waals surface area contributed by atoms with Gasteiger partial charge in [-0.2, -0.15) is 0 Å². The zero-order valence-corrected chi connectivity index (χ0v) is 15.5. The zero-order valence-electron chi connectivity index (χ0n) is 15.5. The van der Waals surface area contributed by atoms with E-state index in [1.54, 1.807) is 30.3 Å². The molecule has 0 aliphatic carbocycles. The number of aryl methyl sites for hydroxylation is 1. The Morgan fingerprint density at radius 2 is 1.83 bits per heavy atom. The summed E-state index contributed by atoms with van der Waals surface area (Å²) in [5, 5.41) is 0.459. The number of alkyl halides is 3. The van der Waals surface area contributed by atoms with E-state index >= 15 is 0 Å². The molecule has 0 radical (unpaired) electrons. The quantitative estimate of drug-likeness (QED) is 0.682. The summed E-state index contributed by atoms with van der Waals surface area (Å²) in [7, 11) is 1.49. The lowest BCUT2D eigenvalue weighted by Gasteiger charge is -2.20. The van der Waals surface area contributed by atoms with Crippen LogP contribution in [0.2, 0.25) is 0 Å². The van der Waals surface area contributed by atoms with Crippen molar-refractivity contribution in [1.82, 2.24) is 14.9 Å². The van der Waals surface area contributed by atoms with Gasteiger partial charge >= 0.3 is 6.36 Å². The number of H-pyrrole nitrogens is 1. The maximum Gasteiger partial charge on any atom is 0.573 e. The first-order chi connectivity index (χ1) is 13.7. The van der Waals surface area contributed by atoms with Gasteiger partial charge in [0.2, 0.25) is 5.91 Å². The third kappa shape index (κ3) is 5.34. The van der Waals surface area contributed by atoms with Crippen molar-refractivity contribution < 1.29 is 22.7 Å². The second kappa shape index (κ2) is 8.34. The number of rotatable bonds is 6. The highest BCUT2D eigenvalue weighted by Gasteiger charge is 2.32. The van der Waals surface area contributed by atoms with Gasteiger partial charge in [-0.1, -0.05) is 30.3 Å². The number of hydrogen-bond donors (Lipinski definition) is 1. The molecule has 0 atom stereocenters. The number of carbonyl (C=O) groups excluding carboxylic acids is 1. The highest BCUT2D eigenvalue weighted by molar-refractivity contribution is 5.78. The molecule has 0 fully saturated rings. The second-order valence-electron chi connectivity index (χ2n) is 6.44. The number of nitrogens with zero attached hydrogens (tertiary/aromatic N) is 2. The van der Waals surface area contributed by atoms with E-state index in [9.17, 15) is 22.8 Å². The summed E-state index contributed by atoms with van der Waals surface area (Å²) in [4.78, 5) is 32.8. The third-order valence-electron chi connectivity index (χ3n) is 4.27. The number of nitrogens with one attached hydrogen (secondary N) is 1. The number of hydrogen-bond acceptors (Lipinski definition) is 4. The summed E-state index contributed by atoms with van der Waals surface area (Å²) in [6.07, 6.45) is -4.57. The van der Waals surface area contributed by atoms with Crippen molar-refractivity contribution in [2.24, 2.45) is 0 Å². The average Bonchev–Trinajstić information content (AvgIpc) is 2.66. The minimum Gasteiger partial charge on any atom is -0.405 e. The van der Waals surface area contributed by atoms with Crippen LogP contribution in [0.1, 0.15) is 17.8 Å². The largest absolute Gasteiger partial charge is 0.573 e. The molecule has 0 saturated heterocycles. The van der Waals surface area contributed by atoms with Gasteiger partial charge < -0.3 is 14.6 Å². The second-order valence-corrected chi connectivity index (χ2v) is 6.44. The number of halogens is 3. The topological polar surface area (TPSA) is 75.3 Å². The summed E-state index contributed by atoms with van der Waals surface area (Å²) in [5.74, 6) is -0.279. The molecule has 3 rings (SSSR count). The Morgan fingerprint density at radius 1 is 1.14 bits per heavy atom. The first kappa shape index (κ1) is 20.4. The van der Waals surface area contributed by atoms with Crippen molar-refractivity contribution in [2.75, 3.05) is 7.05 Å². The fraction of sp³-hybridized carbons (Fsp3) is 0.250. The summed E-state index contributed by atoms with van der Waals surface area (Å²) < 4.78 is 41.6. The van der Waals surface area contributed by atoms with Gasteiger partial charge in [0.15, 0.2) is 0 Å². The van der Waals surface area contributed by atoms with E-state index in [0.717, 1.165) is 0 Å². The highest BCUT2D eigenvalue weighted by Crippen LogP contribution is 2.27. The summed E-state index contributed by atoms with van der Waals surface area (Å²) in [6.45, 7) is -0.0489. The molecule has 152 valence electrons. The van der Waals surface area contributed by atoms with E-state index in [2.05, 4.69) is 14.7 Å². The smallest absolute Gasteiger partial charge is 0.405 e. The van der Waals surface area contributed by atoms with Crippen molar-refractivity contribution >= 4 is 16.8 Å². The Morgan fingerprint density at radius 3 is 2.59 bits per heavy atom. The summed E-state index contributed by atoms with van der Waals surface area (Å²) in [5.41, 5.74) is 0.479. The molecule has 29 heavy (non-hydrogen) atoms. The van der Waals surface area contributed by atoms with Crippen LogP contribution in [0.25, 0.3) is 10.9 Å². The fourth-order valence-electron chi connectivity index (χ4n) is 2.87. The Hall–Kier alpha value is -3.36. The van der Waals surface area contributed by atoms with Crippen LogP contribution in [0.5, 0.6) is 5.75 Å². The molecular weight excluding hydrogens is 387 g/mol. The number of para-hydroxylation sites is 2. The van der Waals surface area contributed by atoms with Gasteiger partial charge in [0, 0.05) is 32.0 Å². The number of amides is 1. The Bertz CT molecular complexity index is 1080. The highest BCUT2D eigenvalue weighted by atomic mass is 19.4. The van der Waals surface area contributed by atoms with Gasteiger partial charge in [-0.05, 0) is 18.2 Å². The molecule has 0 bridgehead atoms. The number of ether oxygens (including phenoxy) is 1. The van der Waals surface area contributed by atoms with Crippen molar-refractivity contribution in [3.63, 3.8) is 0 Å². The molecule has 0 saturated carbocycles. The zero-order chi connectivity index (χ0) is 21.0. The minimum absolute atomic E-state index is 0.0417. The average molecular weight is 405 g/mol. The van der Waals surface area contributed by atoms with Crippen molar-refractivity contribution in [2.45, 2.75) is 25.7 Å². The first-order valence-corrected chi connectivity index (χ1v) is 8.78. The van der Waals surface area contributed by atoms with Gasteiger partial charge in [0.1, 0.15) is 11.6 Å². The number of carbonyl (C=O) groups is 1. The van der Waals surface area contributed by atoms with Crippen LogP contribution in [0, 0.1) is 0 Å². The standard InChI is InChI=1S/C20H18F3N3O3/c1-26(12-13-6-2-5-9-16(13)29-20(21,22)23)18(27)11-10-17-24-15-8-4-3-7-14(15)19(28)25-17/h2-9H,10-12H2,1H3,(H,24,25,28). The lowest BCUT2D eigenvalue weighted by Crippen LogP contribution is -2.27. The van der Waals surface area contributed by atoms with Crippen LogP contribution in [-0.2, 0) is 17.8 Å². The Labute approximate surface area is 163 Å². The van der Waals surface area contributed by atoms with E-state index in [1.165, 1.54) is 30.1 Å². The fourth-order valence-corrected chi connectivity index (χ4v) is 2.87. The number of benzene rings is 2. The van der Waals surface area contributed by atoms with E-state index < -0.39 is 6.36 Å². The lowest BCUT2D eigenvalue weighted by atomic mass is 10.1. The molecule has 6 nitrogen and oxygen atoms in total. The molecule has 1 N–H and O–H groups in total. The third-order valence-corrected chi connectivity index (χ3v) is 4.27. The maximum atomic E-state index is 12.5. The van der Waals surface area contributed by atoms with Crippen LogP contribution in [0.15, 0.2) is 53.3 Å². The molecule has 2 aromatic carbocycles. The molecule has 1 heterocycles. The van der Waals surface area contributed by atoms with Crippen molar-refractivity contribution in [3.8, 4) is 5.75 Å². The van der Waals surface area contributed by atoms with E-state index in [-0.39, 0.29) is 42.2 Å². The normalized spacial score (nSPS) is 11.4. The van der Waals surface area contributed by atoms with E-state index in [1.807, 2.05) is 0 Å². The van der Waals surface area contributed by atoms with Crippen LogP contribution in [0.4, 0.5) is 13.2 Å². The number of fused-ring (bicyclic) bond motifs is 1. The maximum absolute atomic E-state index is 12.5. The predicted octanol–water partition coefficient (Wildman–Crippen LogP) is 3.41. The molecule has 0 aliphatic heterocycles.